The van der Waals surface area contributed by atoms with Gasteiger partial charge in [0.25, 0.3) is 0 Å². The van der Waals surface area contributed by atoms with Gasteiger partial charge in [-0.1, -0.05) is 187 Å². The molecule has 456 valence electrons. The number of alkyl halides is 18. The third-order valence-corrected chi connectivity index (χ3v) is 13.6. The van der Waals surface area contributed by atoms with Crippen molar-refractivity contribution in [3.05, 3.63) is 81.9 Å². The highest BCUT2D eigenvalue weighted by Crippen LogP contribution is 2.48. The van der Waals surface area contributed by atoms with Crippen LogP contribution in [0.15, 0.2) is 48.5 Å². The van der Waals surface area contributed by atoms with E-state index in [1.165, 1.54) is 51.4 Å². The Hall–Kier alpha value is -4.34. The number of rotatable bonds is 38. The standard InChI is InChI=1S/C57H76BF18NO3/c1-3-5-7-9-11-13-15-16-17-18-19-20-21-23-25-27-29-31-33-77(32-30-28-26-24-22-14-12-10-8-6-4-2)51-49(57(74,75)76)40-46(56(71,72)73)41-50(51)80-58(78-47-36-42(52(59,60)61)34-43(37-47)53(62,63)64)79-48-38-44(54(65,66)67)35-45(39-48)55(68,69)70/h34-41H,3-33H2,1-2H3. The number of benzene rings is 3. The lowest BCUT2D eigenvalue weighted by Crippen LogP contribution is -2.38. The second-order valence-electron chi connectivity index (χ2n) is 20.5. The van der Waals surface area contributed by atoms with Crippen LogP contribution in [0.25, 0.3) is 0 Å². The summed E-state index contributed by atoms with van der Waals surface area (Å²) in [5, 5.41) is 0. The summed E-state index contributed by atoms with van der Waals surface area (Å²) in [4.78, 5) is 1.05. The summed E-state index contributed by atoms with van der Waals surface area (Å²) in [6.45, 7) is 3.71. The fourth-order valence-electron chi connectivity index (χ4n) is 9.30. The highest BCUT2D eigenvalue weighted by molar-refractivity contribution is 6.39. The van der Waals surface area contributed by atoms with Crippen molar-refractivity contribution in [2.24, 2.45) is 0 Å². The highest BCUT2D eigenvalue weighted by Gasteiger charge is 2.45. The smallest absolute Gasteiger partial charge is 0.490 e. The van der Waals surface area contributed by atoms with E-state index in [1.807, 2.05) is 0 Å². The topological polar surface area (TPSA) is 30.9 Å². The van der Waals surface area contributed by atoms with Crippen molar-refractivity contribution in [1.82, 2.24) is 0 Å². The van der Waals surface area contributed by atoms with Crippen LogP contribution in [0.4, 0.5) is 84.7 Å². The molecule has 0 saturated heterocycles. The number of halogens is 18. The molecule has 3 rings (SSSR count). The molecule has 0 N–H and O–H groups in total. The average molecular weight is 1180 g/mol. The number of hydrogen-bond acceptors (Lipinski definition) is 4. The molecule has 0 radical (unpaired) electrons. The summed E-state index contributed by atoms with van der Waals surface area (Å²) in [5.74, 6) is -4.61. The Morgan fingerprint density at radius 3 is 0.800 bits per heavy atom. The molecule has 23 heteroatoms. The minimum absolute atomic E-state index is 0.00598. The molecule has 0 aliphatic rings. The molecule has 0 amide bonds. The Balaban J connectivity index is 2.05. The van der Waals surface area contributed by atoms with Crippen molar-refractivity contribution < 1.29 is 93.0 Å². The van der Waals surface area contributed by atoms with Crippen LogP contribution in [-0.2, 0) is 37.1 Å². The highest BCUT2D eigenvalue weighted by atomic mass is 19.4. The van der Waals surface area contributed by atoms with Gasteiger partial charge < -0.3 is 18.9 Å². The van der Waals surface area contributed by atoms with E-state index in [2.05, 4.69) is 13.8 Å². The van der Waals surface area contributed by atoms with E-state index in [4.69, 9.17) is 14.0 Å². The van der Waals surface area contributed by atoms with E-state index < -0.39 is 101 Å². The predicted molar refractivity (Wildman–Crippen MR) is 274 cm³/mol. The summed E-state index contributed by atoms with van der Waals surface area (Å²) < 4.78 is 273. The van der Waals surface area contributed by atoms with Gasteiger partial charge >= 0.3 is 44.4 Å². The molecule has 0 spiro atoms. The van der Waals surface area contributed by atoms with Crippen LogP contribution < -0.4 is 18.9 Å². The maximum atomic E-state index is 15.3. The first kappa shape index (κ1) is 69.9. The lowest BCUT2D eigenvalue weighted by molar-refractivity contribution is -0.144. The van der Waals surface area contributed by atoms with Gasteiger partial charge in [0.05, 0.1) is 39.1 Å². The Morgan fingerprint density at radius 2 is 0.550 bits per heavy atom. The second-order valence-corrected chi connectivity index (χ2v) is 20.5. The zero-order valence-corrected chi connectivity index (χ0v) is 45.6. The largest absolute Gasteiger partial charge is 0.864 e. The second kappa shape index (κ2) is 33.7. The van der Waals surface area contributed by atoms with E-state index in [0.717, 1.165) is 101 Å². The molecule has 0 bridgehead atoms. The summed E-state index contributed by atoms with van der Waals surface area (Å²) >= 11 is 0. The molecule has 0 aliphatic carbocycles. The molecule has 0 aliphatic heterocycles. The van der Waals surface area contributed by atoms with E-state index >= 15 is 13.2 Å². The van der Waals surface area contributed by atoms with E-state index in [1.54, 1.807) is 0 Å². The average Bonchev–Trinajstić information content (AvgIpc) is 3.35. The van der Waals surface area contributed by atoms with E-state index in [0.29, 0.717) is 25.7 Å². The van der Waals surface area contributed by atoms with Crippen molar-refractivity contribution in [2.75, 3.05) is 18.0 Å². The van der Waals surface area contributed by atoms with Gasteiger partial charge in [-0.25, -0.2) is 0 Å². The van der Waals surface area contributed by atoms with Crippen molar-refractivity contribution in [1.29, 1.82) is 0 Å². The maximum Gasteiger partial charge on any atom is 0.864 e. The Labute approximate surface area is 459 Å². The molecule has 0 aromatic heterocycles. The maximum absolute atomic E-state index is 15.3. The summed E-state index contributed by atoms with van der Waals surface area (Å²) in [7, 11) is -3.28. The fraction of sp³-hybridized carbons (Fsp3) is 0.684. The lowest BCUT2D eigenvalue weighted by atomic mass is 10.0. The molecule has 80 heavy (non-hydrogen) atoms. The molecule has 0 unspecified atom stereocenters. The van der Waals surface area contributed by atoms with Crippen LogP contribution in [0.5, 0.6) is 17.2 Å². The zero-order chi connectivity index (χ0) is 59.6. The Bertz CT molecular complexity index is 2060. The van der Waals surface area contributed by atoms with Crippen molar-refractivity contribution in [3.63, 3.8) is 0 Å². The Kier molecular flexibility index (Phi) is 29.5. The third-order valence-electron chi connectivity index (χ3n) is 13.6. The SMILES string of the molecule is CCCCCCCCCCCCCCCCCCCCN(CCCCCCCCCCCCC)c1c(OB(Oc2cc(C(F)(F)F)cc(C(F)(F)F)c2)Oc2cc(C(F)(F)F)cc(C(F)(F)F)c2)cc(C(F)(F)F)cc1C(F)(F)F. The molecule has 4 nitrogen and oxygen atoms in total. The fourth-order valence-corrected chi connectivity index (χ4v) is 9.30. The van der Waals surface area contributed by atoms with Gasteiger partial charge in [0.15, 0.2) is 0 Å². The van der Waals surface area contributed by atoms with Crippen LogP contribution in [0.1, 0.15) is 233 Å². The predicted octanol–water partition coefficient (Wildman–Crippen LogP) is 22.5. The summed E-state index contributed by atoms with van der Waals surface area (Å²) in [5.41, 5.74) is -13.5. The van der Waals surface area contributed by atoms with Gasteiger partial charge in [-0.05, 0) is 61.4 Å². The van der Waals surface area contributed by atoms with Crippen molar-refractivity contribution in [2.45, 2.75) is 237 Å². The zero-order valence-electron chi connectivity index (χ0n) is 45.6. The minimum Gasteiger partial charge on any atom is -0.490 e. The normalized spacial score (nSPS) is 12.8. The lowest BCUT2D eigenvalue weighted by Gasteiger charge is -2.31. The van der Waals surface area contributed by atoms with Gasteiger partial charge in [-0.3, -0.25) is 0 Å². The molecule has 0 fully saturated rings. The van der Waals surface area contributed by atoms with Gasteiger partial charge in [-0.15, -0.1) is 0 Å². The first-order valence-electron chi connectivity index (χ1n) is 28.1. The van der Waals surface area contributed by atoms with Gasteiger partial charge in [0.1, 0.15) is 17.2 Å². The number of anilines is 1. The quantitative estimate of drug-likeness (QED) is 0.0325. The molecular formula is C57H76BF18NO3. The molecule has 0 saturated carbocycles. The van der Waals surface area contributed by atoms with Gasteiger partial charge in [-0.2, -0.15) is 79.0 Å². The first-order valence-corrected chi connectivity index (χ1v) is 28.1. The molecule has 3 aromatic carbocycles. The first-order chi connectivity index (χ1) is 37.4. The van der Waals surface area contributed by atoms with E-state index in [-0.39, 0.29) is 74.5 Å². The molecule has 3 aromatic rings. The van der Waals surface area contributed by atoms with Crippen LogP contribution >= 0.6 is 0 Å². The van der Waals surface area contributed by atoms with Crippen LogP contribution in [0.3, 0.4) is 0 Å². The van der Waals surface area contributed by atoms with Crippen LogP contribution in [-0.4, -0.2) is 20.4 Å². The van der Waals surface area contributed by atoms with Crippen LogP contribution in [0.2, 0.25) is 0 Å². The summed E-state index contributed by atoms with van der Waals surface area (Å²) in [6.07, 6.45) is -6.50. The molecule has 0 heterocycles. The van der Waals surface area contributed by atoms with E-state index in [9.17, 15) is 65.9 Å². The van der Waals surface area contributed by atoms with Gasteiger partial charge in [0, 0.05) is 13.1 Å². The van der Waals surface area contributed by atoms with Crippen molar-refractivity contribution in [3.8, 4) is 17.2 Å². The van der Waals surface area contributed by atoms with Gasteiger partial charge in [0.2, 0.25) is 0 Å². The molecule has 0 atom stereocenters. The number of unbranched alkanes of at least 4 members (excludes halogenated alkanes) is 27. The Morgan fingerprint density at radius 1 is 0.300 bits per heavy atom. The molecular weight excluding hydrogens is 1100 g/mol. The monoisotopic (exact) mass is 1180 g/mol. The van der Waals surface area contributed by atoms with Crippen molar-refractivity contribution >= 4 is 13.0 Å². The summed E-state index contributed by atoms with van der Waals surface area (Å²) in [6, 6.07) is -1.55. The minimum atomic E-state index is -5.65. The number of nitrogens with zero attached hydrogens (tertiary/aromatic N) is 1. The van der Waals surface area contributed by atoms with Crippen LogP contribution in [0, 0.1) is 0 Å². The third kappa shape index (κ3) is 26.7. The number of hydrogen-bond donors (Lipinski definition) is 0.